The summed E-state index contributed by atoms with van der Waals surface area (Å²) in [6.45, 7) is 5.00. The van der Waals surface area contributed by atoms with Crippen LogP contribution < -0.4 is 0 Å². The SMILES string of the molecule is CCOP(=O)(OCC)N(C)CCC=C1c2ccccc2CCc2ccccc21. The van der Waals surface area contributed by atoms with Gasteiger partial charge in [0.1, 0.15) is 0 Å². The van der Waals surface area contributed by atoms with Gasteiger partial charge in [-0.3, -0.25) is 9.05 Å². The first-order chi connectivity index (χ1) is 13.6. The van der Waals surface area contributed by atoms with Crippen LogP contribution in [0.15, 0.2) is 54.6 Å². The highest BCUT2D eigenvalue weighted by atomic mass is 31.2. The van der Waals surface area contributed by atoms with Crippen LogP contribution in [-0.2, 0) is 26.5 Å². The molecule has 1 aliphatic rings. The second-order valence-corrected chi connectivity index (χ2v) is 9.04. The molecule has 0 atom stereocenters. The minimum atomic E-state index is -3.22. The summed E-state index contributed by atoms with van der Waals surface area (Å²) in [5.74, 6) is 0. The molecule has 0 N–H and O–H groups in total. The molecule has 2 aromatic carbocycles. The van der Waals surface area contributed by atoms with Crippen LogP contribution in [0.5, 0.6) is 0 Å². The van der Waals surface area contributed by atoms with Gasteiger partial charge in [-0.05, 0) is 68.0 Å². The molecule has 5 heteroatoms. The lowest BCUT2D eigenvalue weighted by Gasteiger charge is -2.25. The highest BCUT2D eigenvalue weighted by molar-refractivity contribution is 7.51. The van der Waals surface area contributed by atoms with E-state index in [2.05, 4.69) is 54.6 Å². The first-order valence-corrected chi connectivity index (χ1v) is 11.6. The molecule has 150 valence electrons. The van der Waals surface area contributed by atoms with E-state index in [0.717, 1.165) is 19.3 Å². The molecule has 0 unspecified atom stereocenters. The minimum Gasteiger partial charge on any atom is -0.297 e. The van der Waals surface area contributed by atoms with Crippen molar-refractivity contribution in [2.45, 2.75) is 33.1 Å². The second-order valence-electron chi connectivity index (χ2n) is 6.91. The van der Waals surface area contributed by atoms with E-state index in [1.807, 2.05) is 13.8 Å². The number of fused-ring (bicyclic) bond motifs is 2. The topological polar surface area (TPSA) is 38.8 Å². The number of hydrogen-bond acceptors (Lipinski definition) is 3. The Kier molecular flexibility index (Phi) is 7.25. The summed E-state index contributed by atoms with van der Waals surface area (Å²) >= 11 is 0. The lowest BCUT2D eigenvalue weighted by Crippen LogP contribution is -2.19. The summed E-state index contributed by atoms with van der Waals surface area (Å²) in [5, 5.41) is 0. The molecule has 0 bridgehead atoms. The van der Waals surface area contributed by atoms with Crippen LogP contribution in [0.4, 0.5) is 0 Å². The molecule has 0 saturated carbocycles. The van der Waals surface area contributed by atoms with E-state index in [0.29, 0.717) is 19.8 Å². The molecule has 0 heterocycles. The Bertz CT molecular complexity index is 818. The molecular weight excluding hydrogens is 369 g/mol. The van der Waals surface area contributed by atoms with E-state index in [1.165, 1.54) is 27.8 Å². The average Bonchev–Trinajstić information content (AvgIpc) is 2.86. The fourth-order valence-electron chi connectivity index (χ4n) is 3.72. The molecule has 28 heavy (non-hydrogen) atoms. The van der Waals surface area contributed by atoms with Gasteiger partial charge in [0.25, 0.3) is 0 Å². The normalized spacial score (nSPS) is 13.8. The fraction of sp³-hybridized carbons (Fsp3) is 0.391. The van der Waals surface area contributed by atoms with Crippen LogP contribution >= 0.6 is 7.75 Å². The lowest BCUT2D eigenvalue weighted by molar-refractivity contribution is 0.177. The summed E-state index contributed by atoms with van der Waals surface area (Å²) < 4.78 is 25.5. The maximum absolute atomic E-state index is 12.9. The third kappa shape index (κ3) is 4.64. The average molecular weight is 399 g/mol. The van der Waals surface area contributed by atoms with Crippen molar-refractivity contribution in [2.75, 3.05) is 26.8 Å². The molecule has 0 fully saturated rings. The molecular formula is C23H30NO3P. The quantitative estimate of drug-likeness (QED) is 0.532. The number of hydrogen-bond donors (Lipinski definition) is 0. The summed E-state index contributed by atoms with van der Waals surface area (Å²) in [7, 11) is -1.41. The third-order valence-corrected chi connectivity index (χ3v) is 7.29. The van der Waals surface area contributed by atoms with E-state index in [-0.39, 0.29) is 0 Å². The molecule has 0 spiro atoms. The molecule has 0 aromatic heterocycles. The Hall–Kier alpha value is -1.71. The van der Waals surface area contributed by atoms with Crippen molar-refractivity contribution in [1.82, 2.24) is 4.67 Å². The van der Waals surface area contributed by atoms with Crippen molar-refractivity contribution in [3.8, 4) is 0 Å². The second kappa shape index (κ2) is 9.67. The Balaban J connectivity index is 1.86. The van der Waals surface area contributed by atoms with E-state index in [1.54, 1.807) is 11.7 Å². The molecule has 2 aromatic rings. The van der Waals surface area contributed by atoms with Crippen molar-refractivity contribution in [1.29, 1.82) is 0 Å². The highest BCUT2D eigenvalue weighted by Gasteiger charge is 2.29. The Labute approximate surface area is 168 Å². The predicted octanol–water partition coefficient (Wildman–Crippen LogP) is 5.72. The fourth-order valence-corrected chi connectivity index (χ4v) is 5.20. The summed E-state index contributed by atoms with van der Waals surface area (Å²) in [4.78, 5) is 0. The number of rotatable bonds is 8. The molecule has 1 aliphatic carbocycles. The van der Waals surface area contributed by atoms with Gasteiger partial charge in [0.15, 0.2) is 0 Å². The van der Waals surface area contributed by atoms with Gasteiger partial charge < -0.3 is 0 Å². The summed E-state index contributed by atoms with van der Waals surface area (Å²) in [6.07, 6.45) is 5.13. The van der Waals surface area contributed by atoms with Crippen molar-refractivity contribution in [3.63, 3.8) is 0 Å². The van der Waals surface area contributed by atoms with Gasteiger partial charge in [0.2, 0.25) is 0 Å². The summed E-state index contributed by atoms with van der Waals surface area (Å²) in [6, 6.07) is 17.3. The maximum Gasteiger partial charge on any atom is 0.407 e. The maximum atomic E-state index is 12.9. The third-order valence-electron chi connectivity index (χ3n) is 5.08. The van der Waals surface area contributed by atoms with E-state index >= 15 is 0 Å². The molecule has 3 rings (SSSR count). The number of nitrogens with zero attached hydrogens (tertiary/aromatic N) is 1. The molecule has 4 nitrogen and oxygen atoms in total. The van der Waals surface area contributed by atoms with Crippen LogP contribution in [0.3, 0.4) is 0 Å². The Morgan fingerprint density at radius 1 is 0.929 bits per heavy atom. The van der Waals surface area contributed by atoms with E-state index < -0.39 is 7.75 Å². The van der Waals surface area contributed by atoms with Crippen molar-refractivity contribution >= 4 is 13.3 Å². The summed E-state index contributed by atoms with van der Waals surface area (Å²) in [5.41, 5.74) is 6.63. The standard InChI is InChI=1S/C23H30NO3P/c1-4-26-28(25,27-5-2)24(3)18-10-15-23-21-13-8-6-11-19(21)16-17-20-12-7-9-14-22(20)23/h6-9,11-15H,4-5,10,16-18H2,1-3H3. The first-order valence-electron chi connectivity index (χ1n) is 10.1. The molecule has 0 radical (unpaired) electrons. The minimum absolute atomic E-state index is 0.365. The van der Waals surface area contributed by atoms with Gasteiger partial charge in [-0.1, -0.05) is 54.6 Å². The van der Waals surface area contributed by atoms with Crippen LogP contribution in [0.1, 0.15) is 42.5 Å². The highest BCUT2D eigenvalue weighted by Crippen LogP contribution is 2.50. The van der Waals surface area contributed by atoms with Gasteiger partial charge in [-0.2, -0.15) is 0 Å². The van der Waals surface area contributed by atoms with Crippen LogP contribution in [0.25, 0.3) is 5.57 Å². The zero-order chi connectivity index (χ0) is 20.0. The zero-order valence-corrected chi connectivity index (χ0v) is 18.0. The van der Waals surface area contributed by atoms with Gasteiger partial charge in [0, 0.05) is 6.54 Å². The first kappa shape index (κ1) is 21.0. The van der Waals surface area contributed by atoms with Crippen molar-refractivity contribution < 1.29 is 13.6 Å². The van der Waals surface area contributed by atoms with Crippen LogP contribution in [0, 0.1) is 0 Å². The van der Waals surface area contributed by atoms with E-state index in [9.17, 15) is 4.57 Å². The smallest absolute Gasteiger partial charge is 0.297 e. The monoisotopic (exact) mass is 399 g/mol. The van der Waals surface area contributed by atoms with Gasteiger partial charge in [-0.25, -0.2) is 9.24 Å². The van der Waals surface area contributed by atoms with Gasteiger partial charge >= 0.3 is 7.75 Å². The van der Waals surface area contributed by atoms with Crippen molar-refractivity contribution in [2.24, 2.45) is 0 Å². The van der Waals surface area contributed by atoms with Crippen molar-refractivity contribution in [3.05, 3.63) is 76.9 Å². The number of benzene rings is 2. The van der Waals surface area contributed by atoms with Gasteiger partial charge in [0.05, 0.1) is 13.2 Å². The van der Waals surface area contributed by atoms with Crippen LogP contribution in [-0.4, -0.2) is 31.5 Å². The predicted molar refractivity (Wildman–Crippen MR) is 115 cm³/mol. The molecule has 0 saturated heterocycles. The largest absolute Gasteiger partial charge is 0.407 e. The van der Waals surface area contributed by atoms with Gasteiger partial charge in [-0.15, -0.1) is 0 Å². The molecule has 0 aliphatic heterocycles. The van der Waals surface area contributed by atoms with E-state index in [4.69, 9.17) is 9.05 Å². The number of aryl methyl sites for hydroxylation is 2. The molecule has 0 amide bonds. The zero-order valence-electron chi connectivity index (χ0n) is 17.1. The Morgan fingerprint density at radius 3 is 1.93 bits per heavy atom. The lowest BCUT2D eigenvalue weighted by atomic mass is 9.93. The van der Waals surface area contributed by atoms with Crippen LogP contribution in [0.2, 0.25) is 0 Å². The Morgan fingerprint density at radius 2 is 1.43 bits per heavy atom.